The summed E-state index contributed by atoms with van der Waals surface area (Å²) in [4.78, 5) is 16.9. The summed E-state index contributed by atoms with van der Waals surface area (Å²) in [7, 11) is 0. The molecule has 0 spiro atoms. The molecule has 2 aliphatic heterocycles. The Balaban J connectivity index is 1.39. The van der Waals surface area contributed by atoms with Crippen molar-refractivity contribution in [3.05, 3.63) is 93.9 Å². The van der Waals surface area contributed by atoms with Crippen LogP contribution >= 0.6 is 0 Å². The number of anilines is 2. The molecule has 41 heavy (non-hydrogen) atoms. The van der Waals surface area contributed by atoms with E-state index in [2.05, 4.69) is 68.2 Å². The summed E-state index contributed by atoms with van der Waals surface area (Å²) in [6.07, 6.45) is 1.54. The average Bonchev–Trinajstić information content (AvgIpc) is 3.16. The van der Waals surface area contributed by atoms with E-state index >= 15 is 0 Å². The average molecular weight is 550 g/mol. The molecule has 3 heterocycles. The fourth-order valence-electron chi connectivity index (χ4n) is 5.76. The molecule has 0 fully saturated rings. The SMILES string of the molecule is CC1=Nc2cc(-c3cc(C)c4c(c3)CN(c3nc(NC(C)C)nc(C)c3Cc3ccc(F)cc3)CCO4)ccc2C1. The lowest BCUT2D eigenvalue weighted by Gasteiger charge is -2.26. The lowest BCUT2D eigenvalue weighted by atomic mass is 9.97. The number of rotatable bonds is 6. The van der Waals surface area contributed by atoms with Crippen molar-refractivity contribution < 1.29 is 9.13 Å². The summed E-state index contributed by atoms with van der Waals surface area (Å²) in [6.45, 7) is 12.3. The molecule has 4 aromatic rings. The molecule has 1 aromatic heterocycles. The second-order valence-corrected chi connectivity index (χ2v) is 11.5. The van der Waals surface area contributed by atoms with Crippen molar-refractivity contribution in [2.24, 2.45) is 4.99 Å². The molecule has 0 atom stereocenters. The Hall–Kier alpha value is -4.26. The van der Waals surface area contributed by atoms with Crippen LogP contribution < -0.4 is 15.0 Å². The van der Waals surface area contributed by atoms with Crippen LogP contribution in [0.3, 0.4) is 0 Å². The Morgan fingerprint density at radius 1 is 0.951 bits per heavy atom. The van der Waals surface area contributed by atoms with Gasteiger partial charge in [0.1, 0.15) is 24.0 Å². The number of aliphatic imine (C=N–C) groups is 1. The third-order valence-corrected chi connectivity index (χ3v) is 7.70. The lowest BCUT2D eigenvalue weighted by molar-refractivity contribution is 0.329. The smallest absolute Gasteiger partial charge is 0.225 e. The van der Waals surface area contributed by atoms with E-state index in [4.69, 9.17) is 19.7 Å². The van der Waals surface area contributed by atoms with E-state index in [0.29, 0.717) is 32.1 Å². The van der Waals surface area contributed by atoms with E-state index in [0.717, 1.165) is 68.5 Å². The Morgan fingerprint density at radius 2 is 1.76 bits per heavy atom. The van der Waals surface area contributed by atoms with Gasteiger partial charge in [0.05, 0.1) is 12.2 Å². The van der Waals surface area contributed by atoms with Crippen LogP contribution in [-0.4, -0.2) is 34.9 Å². The topological polar surface area (TPSA) is 62.6 Å². The Bertz CT molecular complexity index is 1640. The van der Waals surface area contributed by atoms with Gasteiger partial charge in [-0.2, -0.15) is 4.98 Å². The maximum absolute atomic E-state index is 13.6. The molecule has 1 N–H and O–H groups in total. The molecule has 0 saturated heterocycles. The number of aryl methyl sites for hydroxylation is 2. The number of fused-ring (bicyclic) bond motifs is 2. The number of halogens is 1. The lowest BCUT2D eigenvalue weighted by Crippen LogP contribution is -2.28. The number of nitrogens with one attached hydrogen (secondary N) is 1. The van der Waals surface area contributed by atoms with E-state index in [-0.39, 0.29) is 11.9 Å². The number of nitrogens with zero attached hydrogens (tertiary/aromatic N) is 4. The standard InChI is InChI=1S/C34H36FN5O/c1-20(2)36-34-38-23(5)30(16-24-6-10-29(35)11-7-24)33(39-34)40-12-13-41-32-21(3)14-27(17-28(32)19-40)25-8-9-26-15-22(4)37-31(26)18-25/h6-11,14,17-18,20H,12-13,15-16,19H2,1-5H3,(H,36,38,39). The van der Waals surface area contributed by atoms with Crippen molar-refractivity contribution in [3.63, 3.8) is 0 Å². The quantitative estimate of drug-likeness (QED) is 0.272. The fraction of sp³-hybridized carbons (Fsp3) is 0.324. The molecule has 0 aliphatic carbocycles. The van der Waals surface area contributed by atoms with Crippen LogP contribution in [0.15, 0.2) is 59.6 Å². The zero-order chi connectivity index (χ0) is 28.7. The summed E-state index contributed by atoms with van der Waals surface area (Å²) in [5.41, 5.74) is 11.0. The van der Waals surface area contributed by atoms with Gasteiger partial charge in [0.25, 0.3) is 0 Å². The second kappa shape index (κ2) is 11.0. The number of hydrogen-bond acceptors (Lipinski definition) is 6. The Kier molecular flexibility index (Phi) is 7.20. The van der Waals surface area contributed by atoms with Gasteiger partial charge in [-0.05, 0) is 92.8 Å². The summed E-state index contributed by atoms with van der Waals surface area (Å²) in [5, 5.41) is 3.38. The van der Waals surface area contributed by atoms with E-state index in [9.17, 15) is 4.39 Å². The van der Waals surface area contributed by atoms with E-state index < -0.39 is 0 Å². The first-order valence-electron chi connectivity index (χ1n) is 14.3. The third-order valence-electron chi connectivity index (χ3n) is 7.70. The van der Waals surface area contributed by atoms with Crippen LogP contribution in [0.1, 0.15) is 54.3 Å². The van der Waals surface area contributed by atoms with Gasteiger partial charge in [-0.3, -0.25) is 4.99 Å². The first kappa shape index (κ1) is 26.9. The monoisotopic (exact) mass is 549 g/mol. The van der Waals surface area contributed by atoms with Crippen LogP contribution in [0.5, 0.6) is 5.75 Å². The molecule has 6 nitrogen and oxygen atoms in total. The molecule has 6 rings (SSSR count). The van der Waals surface area contributed by atoms with Gasteiger partial charge in [0.15, 0.2) is 0 Å². The van der Waals surface area contributed by atoms with Gasteiger partial charge >= 0.3 is 0 Å². The largest absolute Gasteiger partial charge is 0.491 e. The van der Waals surface area contributed by atoms with Crippen LogP contribution in [0.25, 0.3) is 11.1 Å². The molecule has 3 aromatic carbocycles. The van der Waals surface area contributed by atoms with Gasteiger partial charge in [-0.15, -0.1) is 0 Å². The van der Waals surface area contributed by atoms with Gasteiger partial charge in [0.2, 0.25) is 5.95 Å². The van der Waals surface area contributed by atoms with E-state index in [1.807, 2.05) is 19.1 Å². The molecule has 2 aliphatic rings. The minimum atomic E-state index is -0.240. The minimum Gasteiger partial charge on any atom is -0.491 e. The van der Waals surface area contributed by atoms with Crippen molar-refractivity contribution >= 4 is 23.2 Å². The summed E-state index contributed by atoms with van der Waals surface area (Å²) >= 11 is 0. The molecular weight excluding hydrogens is 513 g/mol. The molecular formula is C34H36FN5O. The third kappa shape index (κ3) is 5.67. The molecule has 0 radical (unpaired) electrons. The summed E-state index contributed by atoms with van der Waals surface area (Å²) < 4.78 is 20.0. The normalized spacial score (nSPS) is 14.3. The predicted octanol–water partition coefficient (Wildman–Crippen LogP) is 7.36. The van der Waals surface area contributed by atoms with Gasteiger partial charge in [-0.25, -0.2) is 9.37 Å². The van der Waals surface area contributed by atoms with Gasteiger partial charge < -0.3 is 15.0 Å². The van der Waals surface area contributed by atoms with Crippen molar-refractivity contribution in [2.45, 2.75) is 60.0 Å². The number of benzene rings is 3. The van der Waals surface area contributed by atoms with Crippen LogP contribution in [0, 0.1) is 19.7 Å². The molecule has 0 bridgehead atoms. The summed E-state index contributed by atoms with van der Waals surface area (Å²) in [6, 6.07) is 17.9. The summed E-state index contributed by atoms with van der Waals surface area (Å²) in [5.74, 6) is 2.19. The van der Waals surface area contributed by atoms with Crippen molar-refractivity contribution in [1.82, 2.24) is 9.97 Å². The van der Waals surface area contributed by atoms with Crippen LogP contribution in [-0.2, 0) is 19.4 Å². The predicted molar refractivity (Wildman–Crippen MR) is 164 cm³/mol. The molecule has 7 heteroatoms. The van der Waals surface area contributed by atoms with Crippen molar-refractivity contribution in [3.8, 4) is 16.9 Å². The van der Waals surface area contributed by atoms with Crippen LogP contribution in [0.2, 0.25) is 0 Å². The minimum absolute atomic E-state index is 0.198. The van der Waals surface area contributed by atoms with Crippen LogP contribution in [0.4, 0.5) is 21.8 Å². The zero-order valence-electron chi connectivity index (χ0n) is 24.4. The highest BCUT2D eigenvalue weighted by molar-refractivity contribution is 5.93. The first-order chi connectivity index (χ1) is 19.7. The zero-order valence-corrected chi connectivity index (χ0v) is 24.4. The number of hydrogen-bond donors (Lipinski definition) is 1. The van der Waals surface area contributed by atoms with Crippen molar-refractivity contribution in [1.29, 1.82) is 0 Å². The van der Waals surface area contributed by atoms with Gasteiger partial charge in [-0.1, -0.05) is 24.3 Å². The maximum atomic E-state index is 13.6. The number of aromatic nitrogens is 2. The molecule has 210 valence electrons. The highest BCUT2D eigenvalue weighted by Crippen LogP contribution is 2.38. The van der Waals surface area contributed by atoms with E-state index in [1.165, 1.54) is 17.7 Å². The van der Waals surface area contributed by atoms with Gasteiger partial charge in [0, 0.05) is 48.0 Å². The molecule has 0 saturated carbocycles. The maximum Gasteiger partial charge on any atom is 0.225 e. The highest BCUT2D eigenvalue weighted by atomic mass is 19.1. The second-order valence-electron chi connectivity index (χ2n) is 11.5. The molecule has 0 amide bonds. The Morgan fingerprint density at radius 3 is 2.54 bits per heavy atom. The van der Waals surface area contributed by atoms with E-state index in [1.54, 1.807) is 0 Å². The number of ether oxygens (including phenoxy) is 1. The highest BCUT2D eigenvalue weighted by Gasteiger charge is 2.24. The molecule has 0 unspecified atom stereocenters. The Labute approximate surface area is 241 Å². The first-order valence-corrected chi connectivity index (χ1v) is 14.3. The fourth-order valence-corrected chi connectivity index (χ4v) is 5.76. The van der Waals surface area contributed by atoms with Crippen molar-refractivity contribution in [2.75, 3.05) is 23.4 Å².